The van der Waals surface area contributed by atoms with E-state index < -0.39 is 0 Å². The minimum Gasteiger partial charge on any atom is -0.396 e. The first-order chi connectivity index (χ1) is 8.29. The van der Waals surface area contributed by atoms with Gasteiger partial charge in [0.15, 0.2) is 0 Å². The van der Waals surface area contributed by atoms with E-state index in [9.17, 15) is 5.11 Å². The van der Waals surface area contributed by atoms with Crippen LogP contribution in [0.4, 0.5) is 0 Å². The lowest BCUT2D eigenvalue weighted by atomic mass is 9.92. The maximum Gasteiger partial charge on any atom is 0.0502 e. The SMILES string of the molecule is Cc1cccc(CC(CO)c2ccccc2)c1. The average Bonchev–Trinajstić information content (AvgIpc) is 2.37. The monoisotopic (exact) mass is 226 g/mol. The van der Waals surface area contributed by atoms with E-state index >= 15 is 0 Å². The molecule has 1 heteroatoms. The Balaban J connectivity index is 2.16. The van der Waals surface area contributed by atoms with Crippen LogP contribution >= 0.6 is 0 Å². The van der Waals surface area contributed by atoms with Gasteiger partial charge in [-0.3, -0.25) is 0 Å². The zero-order valence-corrected chi connectivity index (χ0v) is 10.1. The molecule has 0 aliphatic rings. The standard InChI is InChI=1S/C16H18O/c1-13-6-5-7-14(10-13)11-16(12-17)15-8-3-2-4-9-15/h2-10,16-17H,11-12H2,1H3. The molecule has 0 aromatic heterocycles. The molecule has 0 aliphatic heterocycles. The summed E-state index contributed by atoms with van der Waals surface area (Å²) in [6.07, 6.45) is 0.891. The van der Waals surface area contributed by atoms with E-state index in [1.54, 1.807) is 0 Å². The van der Waals surface area contributed by atoms with Crippen LogP contribution in [0.25, 0.3) is 0 Å². The molecule has 2 rings (SSSR count). The van der Waals surface area contributed by atoms with E-state index in [2.05, 4.69) is 43.3 Å². The van der Waals surface area contributed by atoms with Gasteiger partial charge in [0.2, 0.25) is 0 Å². The van der Waals surface area contributed by atoms with Crippen LogP contribution in [0, 0.1) is 6.92 Å². The van der Waals surface area contributed by atoms with E-state index in [0.29, 0.717) is 0 Å². The van der Waals surface area contributed by atoms with Crippen molar-refractivity contribution in [1.29, 1.82) is 0 Å². The lowest BCUT2D eigenvalue weighted by Gasteiger charge is -2.14. The molecule has 88 valence electrons. The number of rotatable bonds is 4. The molecule has 1 N–H and O–H groups in total. The Morgan fingerprint density at radius 3 is 2.41 bits per heavy atom. The fourth-order valence-corrected chi connectivity index (χ4v) is 2.14. The van der Waals surface area contributed by atoms with Crippen LogP contribution in [0.3, 0.4) is 0 Å². The van der Waals surface area contributed by atoms with E-state index in [4.69, 9.17) is 0 Å². The third kappa shape index (κ3) is 3.18. The summed E-state index contributed by atoms with van der Waals surface area (Å²) < 4.78 is 0. The van der Waals surface area contributed by atoms with E-state index in [1.165, 1.54) is 16.7 Å². The third-order valence-electron chi connectivity index (χ3n) is 3.06. The number of aliphatic hydroxyl groups excluding tert-OH is 1. The summed E-state index contributed by atoms with van der Waals surface area (Å²) in [7, 11) is 0. The highest BCUT2D eigenvalue weighted by Crippen LogP contribution is 2.20. The van der Waals surface area contributed by atoms with Crippen molar-refractivity contribution in [2.45, 2.75) is 19.3 Å². The fourth-order valence-electron chi connectivity index (χ4n) is 2.14. The summed E-state index contributed by atoms with van der Waals surface area (Å²) in [5, 5.41) is 9.51. The van der Waals surface area contributed by atoms with Gasteiger partial charge in [0.05, 0.1) is 6.61 Å². The molecule has 0 bridgehead atoms. The molecule has 0 radical (unpaired) electrons. The highest BCUT2D eigenvalue weighted by Gasteiger charge is 2.10. The number of aliphatic hydroxyl groups is 1. The summed E-state index contributed by atoms with van der Waals surface area (Å²) in [4.78, 5) is 0. The zero-order valence-electron chi connectivity index (χ0n) is 10.1. The molecule has 0 amide bonds. The van der Waals surface area contributed by atoms with Gasteiger partial charge in [-0.15, -0.1) is 0 Å². The van der Waals surface area contributed by atoms with Crippen LogP contribution in [-0.4, -0.2) is 11.7 Å². The summed E-state index contributed by atoms with van der Waals surface area (Å²) >= 11 is 0. The summed E-state index contributed by atoms with van der Waals surface area (Å²) in [5.41, 5.74) is 3.76. The molecule has 1 atom stereocenters. The Hall–Kier alpha value is -1.60. The van der Waals surface area contributed by atoms with Crippen LogP contribution in [0.2, 0.25) is 0 Å². The first kappa shape index (κ1) is 11.9. The molecule has 0 saturated heterocycles. The van der Waals surface area contributed by atoms with Gasteiger partial charge in [0.25, 0.3) is 0 Å². The van der Waals surface area contributed by atoms with Crippen molar-refractivity contribution in [3.63, 3.8) is 0 Å². The van der Waals surface area contributed by atoms with Gasteiger partial charge in [-0.05, 0) is 24.5 Å². The van der Waals surface area contributed by atoms with Crippen molar-refractivity contribution >= 4 is 0 Å². The van der Waals surface area contributed by atoms with Crippen molar-refractivity contribution in [2.75, 3.05) is 6.61 Å². The number of hydrogen-bond donors (Lipinski definition) is 1. The maximum absolute atomic E-state index is 9.51. The second-order valence-corrected chi connectivity index (χ2v) is 4.48. The lowest BCUT2D eigenvalue weighted by molar-refractivity contribution is 0.264. The van der Waals surface area contributed by atoms with Crippen LogP contribution in [0.1, 0.15) is 22.6 Å². The van der Waals surface area contributed by atoms with Crippen molar-refractivity contribution in [3.05, 3.63) is 71.3 Å². The smallest absolute Gasteiger partial charge is 0.0502 e. The first-order valence-corrected chi connectivity index (χ1v) is 6.01. The molecule has 2 aromatic rings. The van der Waals surface area contributed by atoms with Gasteiger partial charge in [0.1, 0.15) is 0 Å². The fraction of sp³-hybridized carbons (Fsp3) is 0.250. The Morgan fingerprint density at radius 1 is 1.00 bits per heavy atom. The molecule has 0 spiro atoms. The normalized spacial score (nSPS) is 12.4. The highest BCUT2D eigenvalue weighted by molar-refractivity contribution is 5.27. The maximum atomic E-state index is 9.51. The van der Waals surface area contributed by atoms with Crippen LogP contribution < -0.4 is 0 Å². The van der Waals surface area contributed by atoms with Crippen molar-refractivity contribution < 1.29 is 5.11 Å². The van der Waals surface area contributed by atoms with E-state index in [1.807, 2.05) is 18.2 Å². The molecule has 0 saturated carbocycles. The third-order valence-corrected chi connectivity index (χ3v) is 3.06. The second kappa shape index (κ2) is 5.65. The van der Waals surface area contributed by atoms with Crippen molar-refractivity contribution in [2.24, 2.45) is 0 Å². The van der Waals surface area contributed by atoms with Gasteiger partial charge >= 0.3 is 0 Å². The molecule has 0 aliphatic carbocycles. The summed E-state index contributed by atoms with van der Waals surface area (Å²) in [6.45, 7) is 2.29. The minimum atomic E-state index is 0.192. The molecular weight excluding hydrogens is 208 g/mol. The molecule has 17 heavy (non-hydrogen) atoms. The average molecular weight is 226 g/mol. The van der Waals surface area contributed by atoms with Crippen molar-refractivity contribution in [3.8, 4) is 0 Å². The van der Waals surface area contributed by atoms with Crippen molar-refractivity contribution in [1.82, 2.24) is 0 Å². The number of aryl methyl sites for hydroxylation is 1. The Bertz CT molecular complexity index is 462. The van der Waals surface area contributed by atoms with E-state index in [0.717, 1.165) is 6.42 Å². The van der Waals surface area contributed by atoms with Gasteiger partial charge in [-0.2, -0.15) is 0 Å². The van der Waals surface area contributed by atoms with Crippen LogP contribution in [0.5, 0.6) is 0 Å². The van der Waals surface area contributed by atoms with E-state index in [-0.39, 0.29) is 12.5 Å². The Morgan fingerprint density at radius 2 is 1.76 bits per heavy atom. The lowest BCUT2D eigenvalue weighted by Crippen LogP contribution is -2.07. The first-order valence-electron chi connectivity index (χ1n) is 6.01. The molecule has 0 fully saturated rings. The van der Waals surface area contributed by atoms with Gasteiger partial charge < -0.3 is 5.11 Å². The predicted molar refractivity (Wildman–Crippen MR) is 71.2 cm³/mol. The highest BCUT2D eigenvalue weighted by atomic mass is 16.3. The minimum absolute atomic E-state index is 0.192. The van der Waals surface area contributed by atoms with Gasteiger partial charge in [-0.1, -0.05) is 60.2 Å². The summed E-state index contributed by atoms with van der Waals surface area (Å²) in [5.74, 6) is 0.193. The zero-order chi connectivity index (χ0) is 12.1. The topological polar surface area (TPSA) is 20.2 Å². The Labute approximate surface area is 103 Å². The van der Waals surface area contributed by atoms with Gasteiger partial charge in [0, 0.05) is 5.92 Å². The van der Waals surface area contributed by atoms with Crippen LogP contribution in [0.15, 0.2) is 54.6 Å². The number of hydrogen-bond acceptors (Lipinski definition) is 1. The quantitative estimate of drug-likeness (QED) is 0.848. The van der Waals surface area contributed by atoms with Gasteiger partial charge in [-0.25, -0.2) is 0 Å². The molecule has 0 heterocycles. The van der Waals surface area contributed by atoms with Crippen LogP contribution in [-0.2, 0) is 6.42 Å². The largest absolute Gasteiger partial charge is 0.396 e. The number of benzene rings is 2. The molecule has 2 aromatic carbocycles. The second-order valence-electron chi connectivity index (χ2n) is 4.48. The molecule has 1 nitrogen and oxygen atoms in total. The Kier molecular flexibility index (Phi) is 3.94. The molecular formula is C16H18O. The molecule has 1 unspecified atom stereocenters. The summed E-state index contributed by atoms with van der Waals surface area (Å²) in [6, 6.07) is 18.7. The predicted octanol–water partition coefficient (Wildman–Crippen LogP) is 3.31.